The highest BCUT2D eigenvalue weighted by molar-refractivity contribution is 8.01. The summed E-state index contributed by atoms with van der Waals surface area (Å²) >= 11 is 2.19. The van der Waals surface area contributed by atoms with Gasteiger partial charge in [0.2, 0.25) is 0 Å². The molecule has 0 bridgehead atoms. The van der Waals surface area contributed by atoms with Crippen LogP contribution in [-0.4, -0.2) is 25.6 Å². The Hall–Kier alpha value is -1.67. The first-order valence-electron chi connectivity index (χ1n) is 6.02. The Labute approximate surface area is 122 Å². The van der Waals surface area contributed by atoms with Crippen molar-refractivity contribution in [3.8, 4) is 0 Å². The van der Waals surface area contributed by atoms with Crippen LogP contribution in [0.4, 0.5) is 0 Å². The molecule has 0 amide bonds. The predicted molar refractivity (Wildman–Crippen MR) is 74.7 cm³/mol. The molecule has 1 aliphatic rings. The van der Waals surface area contributed by atoms with Gasteiger partial charge in [-0.2, -0.15) is 0 Å². The highest BCUT2D eigenvalue weighted by Crippen LogP contribution is 2.34. The lowest BCUT2D eigenvalue weighted by Gasteiger charge is -2.03. The molecule has 8 heteroatoms. The van der Waals surface area contributed by atoms with Gasteiger partial charge in [0.25, 0.3) is 5.56 Å². The Morgan fingerprint density at radius 2 is 2.30 bits per heavy atom. The first-order valence-corrected chi connectivity index (χ1v) is 7.65. The van der Waals surface area contributed by atoms with Gasteiger partial charge in [0.05, 0.1) is 5.69 Å². The summed E-state index contributed by atoms with van der Waals surface area (Å²) in [5.74, 6) is -0.997. The van der Waals surface area contributed by atoms with Gasteiger partial charge in [-0.15, -0.1) is 0 Å². The molecule has 0 aliphatic heterocycles. The number of carbonyl (C=O) groups is 1. The van der Waals surface area contributed by atoms with Crippen LogP contribution in [0.5, 0.6) is 0 Å². The van der Waals surface area contributed by atoms with Crippen molar-refractivity contribution in [3.05, 3.63) is 33.3 Å². The van der Waals surface area contributed by atoms with Crippen molar-refractivity contribution in [2.24, 2.45) is 0 Å². The summed E-state index contributed by atoms with van der Waals surface area (Å²) in [5, 5.41) is 9.34. The van der Waals surface area contributed by atoms with Crippen LogP contribution in [0.1, 0.15) is 34.2 Å². The molecule has 2 aromatic rings. The predicted octanol–water partition coefficient (Wildman–Crippen LogP) is 2.19. The van der Waals surface area contributed by atoms with Gasteiger partial charge >= 0.3 is 5.97 Å². The van der Waals surface area contributed by atoms with Gasteiger partial charge in [0.15, 0.2) is 9.37 Å². The van der Waals surface area contributed by atoms with E-state index in [-0.39, 0.29) is 16.5 Å². The van der Waals surface area contributed by atoms with Gasteiger partial charge in [0.1, 0.15) is 4.88 Å². The third kappa shape index (κ3) is 2.48. The van der Waals surface area contributed by atoms with Crippen molar-refractivity contribution in [1.29, 1.82) is 0 Å². The average molecular weight is 309 g/mol. The molecular weight excluding hydrogens is 298 g/mol. The number of rotatable bonds is 4. The average Bonchev–Trinajstić information content (AvgIpc) is 3.16. The third-order valence-electron chi connectivity index (χ3n) is 2.93. The van der Waals surface area contributed by atoms with E-state index in [1.54, 1.807) is 23.9 Å². The Bertz CT molecular complexity index is 734. The zero-order valence-electron chi connectivity index (χ0n) is 10.6. The first kappa shape index (κ1) is 13.3. The van der Waals surface area contributed by atoms with Crippen LogP contribution in [0.25, 0.3) is 0 Å². The molecule has 1 saturated carbocycles. The highest BCUT2D eigenvalue weighted by Gasteiger charge is 2.25. The van der Waals surface area contributed by atoms with E-state index in [1.165, 1.54) is 0 Å². The molecule has 6 nitrogen and oxygen atoms in total. The van der Waals surface area contributed by atoms with Crippen LogP contribution in [0, 0.1) is 6.92 Å². The van der Waals surface area contributed by atoms with E-state index >= 15 is 0 Å². The molecule has 1 aliphatic carbocycles. The number of aromatic nitrogens is 3. The molecule has 2 aromatic heterocycles. The molecule has 3 rings (SSSR count). The summed E-state index contributed by atoms with van der Waals surface area (Å²) in [6.07, 6.45) is 5.33. The molecule has 2 heterocycles. The minimum absolute atomic E-state index is 0.135. The zero-order valence-corrected chi connectivity index (χ0v) is 12.2. The lowest BCUT2D eigenvalue weighted by atomic mass is 10.4. The number of carboxylic acids is 1. The normalized spacial score (nSPS) is 14.4. The van der Waals surface area contributed by atoms with Crippen molar-refractivity contribution in [1.82, 2.24) is 14.5 Å². The highest BCUT2D eigenvalue weighted by atomic mass is 32.2. The second-order valence-electron chi connectivity index (χ2n) is 4.48. The Kier molecular flexibility index (Phi) is 3.35. The quantitative estimate of drug-likeness (QED) is 0.932. The molecule has 0 atom stereocenters. The van der Waals surface area contributed by atoms with E-state index in [9.17, 15) is 9.59 Å². The van der Waals surface area contributed by atoms with Gasteiger partial charge in [-0.25, -0.2) is 14.8 Å². The summed E-state index contributed by atoms with van der Waals surface area (Å²) in [6, 6.07) is 0.289. The third-order valence-corrected chi connectivity index (χ3v) is 5.11. The fourth-order valence-corrected chi connectivity index (χ4v) is 3.76. The van der Waals surface area contributed by atoms with E-state index in [2.05, 4.69) is 9.97 Å². The number of nitrogens with zero attached hydrogens (tertiary/aromatic N) is 3. The summed E-state index contributed by atoms with van der Waals surface area (Å²) in [6.45, 7) is 1.64. The van der Waals surface area contributed by atoms with Crippen molar-refractivity contribution in [2.45, 2.75) is 35.2 Å². The maximum atomic E-state index is 12.2. The molecule has 0 spiro atoms. The minimum atomic E-state index is -0.997. The smallest absolute Gasteiger partial charge is 0.347 e. The first-order chi connectivity index (χ1) is 9.56. The van der Waals surface area contributed by atoms with Gasteiger partial charge in [-0.3, -0.25) is 4.79 Å². The monoisotopic (exact) mass is 309 g/mol. The summed E-state index contributed by atoms with van der Waals surface area (Å²) in [7, 11) is 0. The number of hydrogen-bond acceptors (Lipinski definition) is 6. The van der Waals surface area contributed by atoms with Crippen molar-refractivity contribution in [2.75, 3.05) is 0 Å². The summed E-state index contributed by atoms with van der Waals surface area (Å²) < 4.78 is 2.21. The maximum absolute atomic E-state index is 12.2. The second-order valence-corrected chi connectivity index (χ2v) is 6.71. The molecule has 0 radical (unpaired) electrons. The molecule has 1 N–H and O–H groups in total. The van der Waals surface area contributed by atoms with Crippen LogP contribution in [0.2, 0.25) is 0 Å². The van der Waals surface area contributed by atoms with Gasteiger partial charge in [-0.05, 0) is 31.5 Å². The fraction of sp³-hybridized carbons (Fsp3) is 0.333. The topological polar surface area (TPSA) is 85.1 Å². The molecule has 0 saturated heterocycles. The molecule has 1 fully saturated rings. The lowest BCUT2D eigenvalue weighted by molar-refractivity contribution is 0.0701. The van der Waals surface area contributed by atoms with E-state index in [0.717, 1.165) is 35.9 Å². The van der Waals surface area contributed by atoms with Crippen LogP contribution in [0.15, 0.2) is 26.6 Å². The van der Waals surface area contributed by atoms with Crippen LogP contribution < -0.4 is 5.56 Å². The SMILES string of the molecule is Cc1nc(Sc2nccn(C3CC3)c2=O)sc1C(=O)O. The lowest BCUT2D eigenvalue weighted by Crippen LogP contribution is -2.20. The van der Waals surface area contributed by atoms with Crippen LogP contribution >= 0.6 is 23.1 Å². The van der Waals surface area contributed by atoms with E-state index in [1.807, 2.05) is 0 Å². The van der Waals surface area contributed by atoms with Crippen molar-refractivity contribution in [3.63, 3.8) is 0 Å². The summed E-state index contributed by atoms with van der Waals surface area (Å²) in [4.78, 5) is 31.7. The zero-order chi connectivity index (χ0) is 14.3. The Morgan fingerprint density at radius 1 is 1.55 bits per heavy atom. The fourth-order valence-electron chi connectivity index (χ4n) is 1.81. The van der Waals surface area contributed by atoms with Crippen LogP contribution in [0.3, 0.4) is 0 Å². The molecule has 104 valence electrons. The maximum Gasteiger partial charge on any atom is 0.347 e. The summed E-state index contributed by atoms with van der Waals surface area (Å²) in [5.41, 5.74) is 0.327. The molecule has 0 unspecified atom stereocenters. The largest absolute Gasteiger partial charge is 0.477 e. The molecular formula is C12H11N3O3S2. The number of carboxylic acid groups (broad SMARTS) is 1. The standard InChI is InChI=1S/C12H11N3O3S2/c1-6-8(11(17)18)19-12(14-6)20-9-10(16)15(5-4-13-9)7-2-3-7/h4-5,7H,2-3H2,1H3,(H,17,18). The number of thiazole rings is 1. The Balaban J connectivity index is 1.91. The second kappa shape index (κ2) is 5.02. The minimum Gasteiger partial charge on any atom is -0.477 e. The van der Waals surface area contributed by atoms with Gasteiger partial charge in [-0.1, -0.05) is 11.3 Å². The van der Waals surface area contributed by atoms with Crippen molar-refractivity contribution >= 4 is 29.1 Å². The van der Waals surface area contributed by atoms with Gasteiger partial charge < -0.3 is 9.67 Å². The van der Waals surface area contributed by atoms with Crippen molar-refractivity contribution < 1.29 is 9.90 Å². The van der Waals surface area contributed by atoms with E-state index in [4.69, 9.17) is 5.11 Å². The molecule has 0 aromatic carbocycles. The van der Waals surface area contributed by atoms with Crippen LogP contribution in [-0.2, 0) is 0 Å². The molecule has 20 heavy (non-hydrogen) atoms. The van der Waals surface area contributed by atoms with Gasteiger partial charge in [0, 0.05) is 18.4 Å². The Morgan fingerprint density at radius 3 is 2.90 bits per heavy atom. The van der Waals surface area contributed by atoms with E-state index < -0.39 is 5.97 Å². The van der Waals surface area contributed by atoms with E-state index in [0.29, 0.717) is 15.1 Å². The number of hydrogen-bond donors (Lipinski definition) is 1. The number of aryl methyl sites for hydroxylation is 1. The number of aromatic carboxylic acids is 1.